The molecule has 0 aliphatic carbocycles. The number of carbonyl (C=O) groups excluding carboxylic acids is 1. The van der Waals surface area contributed by atoms with E-state index in [-0.39, 0.29) is 18.1 Å². The van der Waals surface area contributed by atoms with Crippen LogP contribution in [0.3, 0.4) is 0 Å². The average molecular weight is 226 g/mol. The normalized spacial score (nSPS) is 39.6. The van der Waals surface area contributed by atoms with Crippen molar-refractivity contribution >= 4 is 5.91 Å². The van der Waals surface area contributed by atoms with Gasteiger partial charge in [0.2, 0.25) is 5.91 Å². The lowest BCUT2D eigenvalue weighted by molar-refractivity contribution is -0.125. The fourth-order valence-electron chi connectivity index (χ4n) is 2.61. The van der Waals surface area contributed by atoms with Gasteiger partial charge in [0.05, 0.1) is 12.1 Å². The third kappa shape index (κ3) is 2.74. The van der Waals surface area contributed by atoms with Crippen molar-refractivity contribution in [3.63, 3.8) is 0 Å². The maximum absolute atomic E-state index is 12.0. The van der Waals surface area contributed by atoms with Gasteiger partial charge >= 0.3 is 0 Å². The third-order valence-electron chi connectivity index (χ3n) is 3.65. The third-order valence-corrected chi connectivity index (χ3v) is 3.65. The minimum Gasteiger partial charge on any atom is -0.378 e. The Balaban J connectivity index is 1.82. The molecule has 2 saturated heterocycles. The summed E-state index contributed by atoms with van der Waals surface area (Å²) in [6.07, 6.45) is 3.25. The number of ether oxygens (including phenoxy) is 1. The lowest BCUT2D eigenvalue weighted by Crippen LogP contribution is -2.49. The predicted octanol–water partition coefficient (Wildman–Crippen LogP) is 0.668. The van der Waals surface area contributed by atoms with Crippen LogP contribution < -0.4 is 10.6 Å². The Morgan fingerprint density at radius 1 is 1.38 bits per heavy atom. The number of hydrogen-bond donors (Lipinski definition) is 2. The van der Waals surface area contributed by atoms with Crippen LogP contribution in [0.5, 0.6) is 0 Å². The van der Waals surface area contributed by atoms with Gasteiger partial charge in [-0.05, 0) is 38.6 Å². The summed E-state index contributed by atoms with van der Waals surface area (Å²) in [5, 5.41) is 6.40. The molecule has 1 amide bonds. The van der Waals surface area contributed by atoms with Gasteiger partial charge in [-0.15, -0.1) is 0 Å². The second kappa shape index (κ2) is 5.15. The van der Waals surface area contributed by atoms with E-state index in [1.54, 1.807) is 0 Å². The maximum Gasteiger partial charge on any atom is 0.237 e. The van der Waals surface area contributed by atoms with E-state index in [0.29, 0.717) is 12.0 Å². The van der Waals surface area contributed by atoms with Crippen LogP contribution in [-0.4, -0.2) is 37.2 Å². The first-order valence-electron chi connectivity index (χ1n) is 6.32. The van der Waals surface area contributed by atoms with E-state index in [2.05, 4.69) is 24.5 Å². The summed E-state index contributed by atoms with van der Waals surface area (Å²) in [5.74, 6) is 0.626. The molecule has 4 heteroatoms. The van der Waals surface area contributed by atoms with Gasteiger partial charge in [-0.3, -0.25) is 4.79 Å². The van der Waals surface area contributed by atoms with Crippen LogP contribution in [-0.2, 0) is 9.53 Å². The Kier molecular flexibility index (Phi) is 3.82. The van der Waals surface area contributed by atoms with Gasteiger partial charge in [-0.25, -0.2) is 0 Å². The van der Waals surface area contributed by atoms with Crippen molar-refractivity contribution in [2.24, 2.45) is 5.92 Å². The van der Waals surface area contributed by atoms with E-state index >= 15 is 0 Å². The minimum atomic E-state index is 0.0122. The fraction of sp³-hybridized carbons (Fsp3) is 0.917. The van der Waals surface area contributed by atoms with Crippen molar-refractivity contribution in [3.8, 4) is 0 Å². The highest BCUT2D eigenvalue weighted by atomic mass is 16.5. The maximum atomic E-state index is 12.0. The van der Waals surface area contributed by atoms with Gasteiger partial charge in [0.25, 0.3) is 0 Å². The highest BCUT2D eigenvalue weighted by molar-refractivity contribution is 5.82. The Morgan fingerprint density at radius 3 is 2.81 bits per heavy atom. The number of hydrogen-bond acceptors (Lipinski definition) is 3. The predicted molar refractivity (Wildman–Crippen MR) is 62.2 cm³/mol. The molecular weight excluding hydrogens is 204 g/mol. The van der Waals surface area contributed by atoms with Crippen molar-refractivity contribution in [1.82, 2.24) is 10.6 Å². The summed E-state index contributed by atoms with van der Waals surface area (Å²) < 4.78 is 5.47. The quantitative estimate of drug-likeness (QED) is 0.727. The summed E-state index contributed by atoms with van der Waals surface area (Å²) in [7, 11) is 0. The Morgan fingerprint density at radius 2 is 2.19 bits per heavy atom. The molecule has 0 aromatic heterocycles. The first-order valence-corrected chi connectivity index (χ1v) is 6.32. The standard InChI is InChI=1S/C12H22N2O2/c1-8-3-5-13-11(8)12(15)14-10-4-6-16-9(2)7-10/h8-11,13H,3-7H2,1-2H3,(H,14,15). The SMILES string of the molecule is CC1CC(NC(=O)C2NCCC2C)CCO1. The van der Waals surface area contributed by atoms with Gasteiger partial charge in [0.1, 0.15) is 0 Å². The molecule has 0 aromatic carbocycles. The van der Waals surface area contributed by atoms with E-state index in [0.717, 1.165) is 32.4 Å². The first kappa shape index (κ1) is 11.9. The smallest absolute Gasteiger partial charge is 0.237 e. The molecule has 16 heavy (non-hydrogen) atoms. The van der Waals surface area contributed by atoms with Crippen LogP contribution in [0.25, 0.3) is 0 Å². The Labute approximate surface area is 97.1 Å². The monoisotopic (exact) mass is 226 g/mol. The average Bonchev–Trinajstić information content (AvgIpc) is 2.64. The van der Waals surface area contributed by atoms with Crippen molar-refractivity contribution in [1.29, 1.82) is 0 Å². The molecule has 2 heterocycles. The highest BCUT2D eigenvalue weighted by Gasteiger charge is 2.31. The van der Waals surface area contributed by atoms with Gasteiger partial charge in [0, 0.05) is 12.6 Å². The second-order valence-corrected chi connectivity index (χ2v) is 5.11. The van der Waals surface area contributed by atoms with Crippen molar-refractivity contribution in [2.45, 2.75) is 51.3 Å². The molecule has 2 rings (SSSR count). The molecule has 4 nitrogen and oxygen atoms in total. The summed E-state index contributed by atoms with van der Waals surface area (Å²) in [4.78, 5) is 12.0. The van der Waals surface area contributed by atoms with Gasteiger partial charge < -0.3 is 15.4 Å². The zero-order chi connectivity index (χ0) is 11.5. The molecule has 4 unspecified atom stereocenters. The molecule has 0 saturated carbocycles. The summed E-state index contributed by atoms with van der Waals surface area (Å²) in [6.45, 7) is 5.93. The van der Waals surface area contributed by atoms with Crippen molar-refractivity contribution < 1.29 is 9.53 Å². The molecule has 2 aliphatic heterocycles. The van der Waals surface area contributed by atoms with Crippen molar-refractivity contribution in [3.05, 3.63) is 0 Å². The first-order chi connectivity index (χ1) is 7.66. The van der Waals surface area contributed by atoms with E-state index in [1.807, 2.05) is 0 Å². The van der Waals surface area contributed by atoms with Crippen LogP contribution in [0.1, 0.15) is 33.1 Å². The van der Waals surface area contributed by atoms with Crippen LogP contribution in [0, 0.1) is 5.92 Å². The van der Waals surface area contributed by atoms with Crippen LogP contribution in [0.4, 0.5) is 0 Å². The van der Waals surface area contributed by atoms with Gasteiger partial charge in [0.15, 0.2) is 0 Å². The van der Waals surface area contributed by atoms with Crippen molar-refractivity contribution in [2.75, 3.05) is 13.2 Å². The van der Waals surface area contributed by atoms with Crippen LogP contribution >= 0.6 is 0 Å². The van der Waals surface area contributed by atoms with E-state index in [9.17, 15) is 4.79 Å². The molecule has 92 valence electrons. The summed E-state index contributed by atoms with van der Waals surface area (Å²) in [6, 6.07) is 0.309. The highest BCUT2D eigenvalue weighted by Crippen LogP contribution is 2.17. The Bertz CT molecular complexity index is 257. The zero-order valence-electron chi connectivity index (χ0n) is 10.2. The summed E-state index contributed by atoms with van der Waals surface area (Å²) in [5.41, 5.74) is 0. The lowest BCUT2D eigenvalue weighted by atomic mass is 10.0. The van der Waals surface area contributed by atoms with E-state index in [1.165, 1.54) is 0 Å². The molecule has 0 radical (unpaired) electrons. The molecule has 2 N–H and O–H groups in total. The van der Waals surface area contributed by atoms with Gasteiger partial charge in [-0.1, -0.05) is 6.92 Å². The lowest BCUT2D eigenvalue weighted by Gasteiger charge is -2.29. The molecule has 4 atom stereocenters. The zero-order valence-corrected chi connectivity index (χ0v) is 10.2. The molecule has 2 fully saturated rings. The molecule has 2 aliphatic rings. The number of amides is 1. The number of rotatable bonds is 2. The molecule has 0 spiro atoms. The topological polar surface area (TPSA) is 50.4 Å². The number of nitrogens with one attached hydrogen (secondary N) is 2. The second-order valence-electron chi connectivity index (χ2n) is 5.11. The Hall–Kier alpha value is -0.610. The van der Waals surface area contributed by atoms with E-state index in [4.69, 9.17) is 4.74 Å². The van der Waals surface area contributed by atoms with E-state index < -0.39 is 0 Å². The van der Waals surface area contributed by atoms with Crippen LogP contribution in [0.15, 0.2) is 0 Å². The van der Waals surface area contributed by atoms with Crippen LogP contribution in [0.2, 0.25) is 0 Å². The van der Waals surface area contributed by atoms with Gasteiger partial charge in [-0.2, -0.15) is 0 Å². The molecular formula is C12H22N2O2. The molecule has 0 bridgehead atoms. The molecule has 0 aromatic rings. The number of carbonyl (C=O) groups is 1. The summed E-state index contributed by atoms with van der Waals surface area (Å²) >= 11 is 0. The minimum absolute atomic E-state index is 0.0122. The largest absolute Gasteiger partial charge is 0.378 e. The fourth-order valence-corrected chi connectivity index (χ4v) is 2.61.